The second-order valence-electron chi connectivity index (χ2n) is 15.5. The van der Waals surface area contributed by atoms with Crippen molar-refractivity contribution in [2.75, 3.05) is 21.3 Å². The van der Waals surface area contributed by atoms with Crippen LogP contribution in [0.5, 0.6) is 0 Å². The summed E-state index contributed by atoms with van der Waals surface area (Å²) in [5.74, 6) is -0.753. The maximum Gasteiger partial charge on any atom is 0.407 e. The first-order valence-corrected chi connectivity index (χ1v) is 19.4. The number of aromatic nitrogens is 6. The number of nitrogens with one attached hydrogen (secondary N) is 5. The van der Waals surface area contributed by atoms with E-state index in [1.807, 2.05) is 20.8 Å². The third kappa shape index (κ3) is 12.6. The van der Waals surface area contributed by atoms with Crippen LogP contribution >= 0.6 is 0 Å². The molecule has 2 saturated carbocycles. The number of amides is 3. The van der Waals surface area contributed by atoms with Crippen molar-refractivity contribution in [1.82, 2.24) is 35.7 Å². The van der Waals surface area contributed by atoms with E-state index >= 15 is 0 Å². The lowest BCUT2D eigenvalue weighted by molar-refractivity contribution is 0.0488. The van der Waals surface area contributed by atoms with Crippen molar-refractivity contribution in [3.05, 3.63) is 70.8 Å². The van der Waals surface area contributed by atoms with Gasteiger partial charge in [0.2, 0.25) is 0 Å². The number of hydrogen-bond acceptors (Lipinski definition) is 15. The minimum Gasteiger partial charge on any atom is -0.444 e. The average molecular weight is 819 g/mol. The van der Waals surface area contributed by atoms with Crippen molar-refractivity contribution >= 4 is 52.6 Å². The Morgan fingerprint density at radius 2 is 1.10 bits per heavy atom. The molecule has 18 nitrogen and oxygen atoms in total. The standard InChI is InChI=1S/C22H30FN7O3.C17H22FN7O/c1-12-13(23)9-10-17(25-12)27-16-11-18(29-30-19(16)20(24)31)26-14-7-5-6-8-15(14)28-21(32)33-22(2,3)4;1-9-10(18)6-7-14(21-9)23-13-8-15(24-25-16(13)17(20)26)22-12-5-3-2-4-11(12)19/h9-11,14-15H,5-8H2,1-4H3,(H2,24,31)(H,28,32)(H2,25,26,27,29);6-8,11-12H,2-5,19H2,1H3,(H2,20,26)(H2,21,22,23,24)/t14-,15+;11-,12+/m10/s1. The summed E-state index contributed by atoms with van der Waals surface area (Å²) in [6, 6.07) is 8.57. The summed E-state index contributed by atoms with van der Waals surface area (Å²) in [7, 11) is 0. The zero-order valence-electron chi connectivity index (χ0n) is 33.7. The lowest BCUT2D eigenvalue weighted by Gasteiger charge is -2.33. The van der Waals surface area contributed by atoms with Crippen LogP contribution < -0.4 is 43.8 Å². The molecule has 316 valence electrons. The minimum atomic E-state index is -0.766. The van der Waals surface area contributed by atoms with E-state index in [4.69, 9.17) is 21.9 Å². The first-order chi connectivity index (χ1) is 27.9. The first-order valence-electron chi connectivity index (χ1n) is 19.4. The first kappa shape index (κ1) is 43.8. The van der Waals surface area contributed by atoms with Gasteiger partial charge in [0.05, 0.1) is 28.8 Å². The van der Waals surface area contributed by atoms with Gasteiger partial charge in [-0.2, -0.15) is 0 Å². The minimum absolute atomic E-state index is 0.0210. The number of primary amides is 2. The highest BCUT2D eigenvalue weighted by Gasteiger charge is 2.29. The number of carbonyl (C=O) groups excluding carboxylic acids is 3. The lowest BCUT2D eigenvalue weighted by Crippen LogP contribution is -2.49. The van der Waals surface area contributed by atoms with E-state index in [1.165, 1.54) is 31.2 Å². The Kier molecular flexibility index (Phi) is 14.4. The summed E-state index contributed by atoms with van der Waals surface area (Å²) in [5.41, 5.74) is 17.4. The van der Waals surface area contributed by atoms with E-state index < -0.39 is 35.1 Å². The Balaban J connectivity index is 0.000000230. The normalized spacial score (nSPS) is 19.0. The van der Waals surface area contributed by atoms with Gasteiger partial charge >= 0.3 is 6.09 Å². The van der Waals surface area contributed by atoms with Crippen LogP contribution in [-0.2, 0) is 4.74 Å². The van der Waals surface area contributed by atoms with Gasteiger partial charge in [0.1, 0.15) is 28.9 Å². The molecule has 0 unspecified atom stereocenters. The molecule has 0 aromatic carbocycles. The van der Waals surface area contributed by atoms with Crippen LogP contribution in [-0.4, -0.2) is 78.0 Å². The van der Waals surface area contributed by atoms with Crippen LogP contribution in [0.3, 0.4) is 0 Å². The lowest BCUT2D eigenvalue weighted by atomic mass is 9.90. The molecule has 4 aromatic rings. The highest BCUT2D eigenvalue weighted by atomic mass is 19.1. The van der Waals surface area contributed by atoms with Crippen LogP contribution in [0.1, 0.15) is 105 Å². The summed E-state index contributed by atoms with van der Waals surface area (Å²) in [6.07, 6.45) is 7.20. The van der Waals surface area contributed by atoms with Crippen molar-refractivity contribution in [2.45, 2.75) is 116 Å². The second-order valence-corrected chi connectivity index (χ2v) is 15.5. The maximum absolute atomic E-state index is 13.6. The molecule has 59 heavy (non-hydrogen) atoms. The molecule has 20 heteroatoms. The van der Waals surface area contributed by atoms with E-state index in [9.17, 15) is 23.2 Å². The van der Waals surface area contributed by atoms with Crippen LogP contribution in [0, 0.1) is 25.5 Å². The maximum atomic E-state index is 13.6. The molecule has 3 amide bonds. The Hall–Kier alpha value is -6.31. The summed E-state index contributed by atoms with van der Waals surface area (Å²) >= 11 is 0. The molecule has 0 radical (unpaired) electrons. The number of carbonyl (C=O) groups is 3. The predicted octanol–water partition coefficient (Wildman–Crippen LogP) is 5.25. The van der Waals surface area contributed by atoms with E-state index in [0.717, 1.165) is 51.4 Å². The number of anilines is 6. The molecule has 0 saturated heterocycles. The monoisotopic (exact) mass is 818 g/mol. The zero-order chi connectivity index (χ0) is 42.9. The Morgan fingerprint density at radius 3 is 1.54 bits per heavy atom. The van der Waals surface area contributed by atoms with Crippen LogP contribution in [0.25, 0.3) is 0 Å². The summed E-state index contributed by atoms with van der Waals surface area (Å²) < 4.78 is 32.3. The molecule has 11 N–H and O–H groups in total. The quantitative estimate of drug-likeness (QED) is 0.0959. The molecular formula is C39H52F2N14O4. The number of ether oxygens (including phenoxy) is 1. The predicted molar refractivity (Wildman–Crippen MR) is 218 cm³/mol. The van der Waals surface area contributed by atoms with Gasteiger partial charge in [0.15, 0.2) is 23.0 Å². The number of nitrogens with two attached hydrogens (primary N) is 3. The molecule has 0 spiro atoms. The topological polar surface area (TPSA) is 276 Å². The number of hydrogen-bond donors (Lipinski definition) is 8. The summed E-state index contributed by atoms with van der Waals surface area (Å²) in [5, 5.41) is 31.4. The van der Waals surface area contributed by atoms with Crippen LogP contribution in [0.15, 0.2) is 36.4 Å². The summed E-state index contributed by atoms with van der Waals surface area (Å²) in [4.78, 5) is 44.0. The highest BCUT2D eigenvalue weighted by Crippen LogP contribution is 2.27. The van der Waals surface area contributed by atoms with Crippen molar-refractivity contribution in [1.29, 1.82) is 0 Å². The highest BCUT2D eigenvalue weighted by molar-refractivity contribution is 5.98. The van der Waals surface area contributed by atoms with Gasteiger partial charge in [-0.05, 0) is 84.6 Å². The van der Waals surface area contributed by atoms with Crippen molar-refractivity contribution in [3.63, 3.8) is 0 Å². The van der Waals surface area contributed by atoms with E-state index in [-0.39, 0.29) is 52.6 Å². The molecule has 6 rings (SSSR count). The van der Waals surface area contributed by atoms with E-state index in [0.29, 0.717) is 29.0 Å². The molecule has 4 atom stereocenters. The Bertz CT molecular complexity index is 2140. The number of halogens is 2. The van der Waals surface area contributed by atoms with Crippen molar-refractivity contribution < 1.29 is 27.9 Å². The smallest absolute Gasteiger partial charge is 0.407 e. The third-order valence-corrected chi connectivity index (χ3v) is 9.58. The number of nitrogens with zero attached hydrogens (tertiary/aromatic N) is 6. The van der Waals surface area contributed by atoms with E-state index in [2.05, 4.69) is 56.9 Å². The van der Waals surface area contributed by atoms with Gasteiger partial charge in [-0.3, -0.25) is 9.59 Å². The third-order valence-electron chi connectivity index (χ3n) is 9.58. The number of pyridine rings is 2. The van der Waals surface area contributed by atoms with Crippen LogP contribution in [0.4, 0.5) is 48.2 Å². The molecule has 0 bridgehead atoms. The molecule has 0 aliphatic heterocycles. The number of alkyl carbamates (subject to hydrolysis) is 1. The van der Waals surface area contributed by atoms with Gasteiger partial charge in [-0.1, -0.05) is 25.7 Å². The fraction of sp³-hybridized carbons (Fsp3) is 0.462. The largest absolute Gasteiger partial charge is 0.444 e. The fourth-order valence-corrected chi connectivity index (χ4v) is 6.64. The van der Waals surface area contributed by atoms with Gasteiger partial charge < -0.3 is 48.5 Å². The van der Waals surface area contributed by atoms with E-state index in [1.54, 1.807) is 19.1 Å². The van der Waals surface area contributed by atoms with Gasteiger partial charge in [-0.25, -0.2) is 23.5 Å². The SMILES string of the molecule is Cc1nc(Nc2cc(N[C@@H]3CCCC[C@@H]3N)nnc2C(N)=O)ccc1F.Cc1nc(Nc2cc(N[C@@H]3CCCC[C@@H]3NC(=O)OC(C)(C)C)nnc2C(N)=O)ccc1F. The molecule has 4 heterocycles. The van der Waals surface area contributed by atoms with Gasteiger partial charge in [0, 0.05) is 30.3 Å². The van der Waals surface area contributed by atoms with Gasteiger partial charge in [0.25, 0.3) is 11.8 Å². The fourth-order valence-electron chi connectivity index (χ4n) is 6.64. The summed E-state index contributed by atoms with van der Waals surface area (Å²) in [6.45, 7) is 8.52. The van der Waals surface area contributed by atoms with Crippen molar-refractivity contribution in [2.24, 2.45) is 17.2 Å². The average Bonchev–Trinajstić information content (AvgIpc) is 3.16. The van der Waals surface area contributed by atoms with Crippen molar-refractivity contribution in [3.8, 4) is 0 Å². The Labute approximate surface area is 340 Å². The zero-order valence-corrected chi connectivity index (χ0v) is 33.7. The Morgan fingerprint density at radius 1 is 0.661 bits per heavy atom. The number of rotatable bonds is 11. The van der Waals surface area contributed by atoms with Crippen LogP contribution in [0.2, 0.25) is 0 Å². The molecule has 2 aliphatic carbocycles. The molecule has 2 fully saturated rings. The van der Waals surface area contributed by atoms with Gasteiger partial charge in [-0.15, -0.1) is 20.4 Å². The molecule has 2 aliphatic rings. The number of aryl methyl sites for hydroxylation is 2. The molecular weight excluding hydrogens is 767 g/mol. The molecule has 4 aromatic heterocycles. The second kappa shape index (κ2) is 19.4.